The number of methoxy groups -OCH3 is 1. The van der Waals surface area contributed by atoms with Gasteiger partial charge in [-0.25, -0.2) is 0 Å². The van der Waals surface area contributed by atoms with Gasteiger partial charge in [0.2, 0.25) is 0 Å². The van der Waals surface area contributed by atoms with Gasteiger partial charge in [-0.2, -0.15) is 0 Å². The summed E-state index contributed by atoms with van der Waals surface area (Å²) < 4.78 is 16.7. The van der Waals surface area contributed by atoms with Crippen molar-refractivity contribution < 1.29 is 14.2 Å². The van der Waals surface area contributed by atoms with Crippen molar-refractivity contribution in [2.24, 2.45) is 0 Å². The first-order valence-electron chi connectivity index (χ1n) is 7.08. The Labute approximate surface area is 120 Å². The lowest BCUT2D eigenvalue weighted by molar-refractivity contribution is 0.0320. The lowest BCUT2D eigenvalue weighted by Gasteiger charge is -2.26. The van der Waals surface area contributed by atoms with Crippen molar-refractivity contribution in [3.63, 3.8) is 0 Å². The Kier molecular flexibility index (Phi) is 6.11. The van der Waals surface area contributed by atoms with Crippen LogP contribution < -0.4 is 14.8 Å². The number of benzene rings is 1. The molecule has 0 saturated carbocycles. The fourth-order valence-electron chi connectivity index (χ4n) is 2.32. The van der Waals surface area contributed by atoms with Gasteiger partial charge in [0.15, 0.2) is 11.5 Å². The molecule has 0 aliphatic carbocycles. The Morgan fingerprint density at radius 3 is 2.80 bits per heavy atom. The number of rotatable bonds is 7. The minimum atomic E-state index is 0.664. The van der Waals surface area contributed by atoms with Crippen molar-refractivity contribution in [2.45, 2.75) is 6.54 Å². The molecule has 0 radical (unpaired) electrons. The van der Waals surface area contributed by atoms with Crippen LogP contribution in [-0.4, -0.2) is 58.5 Å². The molecule has 0 unspecified atom stereocenters. The predicted octanol–water partition coefficient (Wildman–Crippen LogP) is 1.13. The lowest BCUT2D eigenvalue weighted by atomic mass is 10.2. The topological polar surface area (TPSA) is 43.0 Å². The number of nitrogens with one attached hydrogen (secondary N) is 1. The molecule has 20 heavy (non-hydrogen) atoms. The van der Waals surface area contributed by atoms with Gasteiger partial charge in [0.25, 0.3) is 0 Å². The van der Waals surface area contributed by atoms with Crippen molar-refractivity contribution in [1.82, 2.24) is 10.2 Å². The lowest BCUT2D eigenvalue weighted by Crippen LogP contribution is -2.38. The highest BCUT2D eigenvalue weighted by molar-refractivity contribution is 5.46. The third-order valence-corrected chi connectivity index (χ3v) is 3.41. The molecule has 2 rings (SSSR count). The normalized spacial score (nSPS) is 16.1. The van der Waals surface area contributed by atoms with E-state index in [9.17, 15) is 0 Å². The number of nitrogens with zero attached hydrogens (tertiary/aromatic N) is 1. The zero-order valence-electron chi connectivity index (χ0n) is 12.4. The minimum Gasteiger partial charge on any atom is -0.493 e. The van der Waals surface area contributed by atoms with Crippen molar-refractivity contribution >= 4 is 0 Å². The second-order valence-electron chi connectivity index (χ2n) is 4.78. The summed E-state index contributed by atoms with van der Waals surface area (Å²) in [6.07, 6.45) is 0. The Balaban J connectivity index is 1.92. The van der Waals surface area contributed by atoms with E-state index >= 15 is 0 Å². The molecule has 1 heterocycles. The van der Waals surface area contributed by atoms with E-state index in [1.54, 1.807) is 7.11 Å². The van der Waals surface area contributed by atoms with Crippen LogP contribution in [0.1, 0.15) is 5.56 Å². The maximum atomic E-state index is 5.97. The predicted molar refractivity (Wildman–Crippen MR) is 78.5 cm³/mol. The minimum absolute atomic E-state index is 0.664. The Morgan fingerprint density at radius 2 is 2.10 bits per heavy atom. The zero-order valence-corrected chi connectivity index (χ0v) is 12.4. The summed E-state index contributed by atoms with van der Waals surface area (Å²) in [6.45, 7) is 5.96. The fourth-order valence-corrected chi connectivity index (χ4v) is 2.32. The highest BCUT2D eigenvalue weighted by Crippen LogP contribution is 2.30. The van der Waals surface area contributed by atoms with Gasteiger partial charge < -0.3 is 19.5 Å². The molecule has 1 N–H and O–H groups in total. The number of hydrogen-bond acceptors (Lipinski definition) is 5. The van der Waals surface area contributed by atoms with E-state index in [0.717, 1.165) is 56.5 Å². The van der Waals surface area contributed by atoms with Gasteiger partial charge in [0.1, 0.15) is 6.61 Å². The number of hydrogen-bond donors (Lipinski definition) is 1. The average molecular weight is 280 g/mol. The van der Waals surface area contributed by atoms with Crippen LogP contribution in [0.5, 0.6) is 11.5 Å². The van der Waals surface area contributed by atoms with E-state index in [0.29, 0.717) is 6.61 Å². The standard InChI is InChI=1S/C15H24N2O3/c1-16-12-13-4-3-5-14(18-2)15(13)20-11-8-17-6-9-19-10-7-17/h3-5,16H,6-12H2,1-2H3. The monoisotopic (exact) mass is 280 g/mol. The van der Waals surface area contributed by atoms with Crippen molar-refractivity contribution in [1.29, 1.82) is 0 Å². The molecule has 1 aromatic carbocycles. The van der Waals surface area contributed by atoms with E-state index in [2.05, 4.69) is 16.3 Å². The van der Waals surface area contributed by atoms with E-state index in [-0.39, 0.29) is 0 Å². The summed E-state index contributed by atoms with van der Waals surface area (Å²) in [5.41, 5.74) is 1.12. The quantitative estimate of drug-likeness (QED) is 0.811. The summed E-state index contributed by atoms with van der Waals surface area (Å²) in [4.78, 5) is 2.36. The number of ether oxygens (including phenoxy) is 3. The van der Waals surface area contributed by atoms with Crippen molar-refractivity contribution in [2.75, 3.05) is 53.6 Å². The molecule has 1 fully saturated rings. The first-order chi connectivity index (χ1) is 9.85. The van der Waals surface area contributed by atoms with Crippen LogP contribution in [-0.2, 0) is 11.3 Å². The SMILES string of the molecule is CNCc1cccc(OC)c1OCCN1CCOCC1. The Hall–Kier alpha value is -1.30. The van der Waals surface area contributed by atoms with Crippen LogP contribution in [0, 0.1) is 0 Å². The van der Waals surface area contributed by atoms with Gasteiger partial charge >= 0.3 is 0 Å². The third kappa shape index (κ3) is 4.10. The molecule has 1 aliphatic rings. The van der Waals surface area contributed by atoms with Crippen LogP contribution in [0.15, 0.2) is 18.2 Å². The van der Waals surface area contributed by atoms with Crippen LogP contribution in [0.4, 0.5) is 0 Å². The second-order valence-corrected chi connectivity index (χ2v) is 4.78. The summed E-state index contributed by atoms with van der Waals surface area (Å²) >= 11 is 0. The smallest absolute Gasteiger partial charge is 0.165 e. The van der Waals surface area contributed by atoms with Crippen LogP contribution in [0.2, 0.25) is 0 Å². The van der Waals surface area contributed by atoms with Crippen LogP contribution in [0.25, 0.3) is 0 Å². The molecule has 1 saturated heterocycles. The summed E-state index contributed by atoms with van der Waals surface area (Å²) in [5, 5.41) is 3.15. The molecule has 0 amide bonds. The number of para-hydroxylation sites is 1. The largest absolute Gasteiger partial charge is 0.493 e. The van der Waals surface area contributed by atoms with E-state index in [4.69, 9.17) is 14.2 Å². The van der Waals surface area contributed by atoms with Crippen LogP contribution in [0.3, 0.4) is 0 Å². The molecule has 0 bridgehead atoms. The summed E-state index contributed by atoms with van der Waals surface area (Å²) in [5.74, 6) is 1.64. The molecular formula is C15H24N2O3. The first-order valence-corrected chi connectivity index (χ1v) is 7.08. The summed E-state index contributed by atoms with van der Waals surface area (Å²) in [6, 6.07) is 5.98. The van der Waals surface area contributed by atoms with Crippen molar-refractivity contribution in [3.8, 4) is 11.5 Å². The van der Waals surface area contributed by atoms with E-state index in [1.165, 1.54) is 0 Å². The average Bonchev–Trinajstić information content (AvgIpc) is 2.50. The van der Waals surface area contributed by atoms with E-state index in [1.807, 2.05) is 19.2 Å². The van der Waals surface area contributed by atoms with Crippen LogP contribution >= 0.6 is 0 Å². The Bertz CT molecular complexity index is 406. The molecule has 5 nitrogen and oxygen atoms in total. The van der Waals surface area contributed by atoms with E-state index < -0.39 is 0 Å². The van der Waals surface area contributed by atoms with Gasteiger partial charge in [-0.15, -0.1) is 0 Å². The third-order valence-electron chi connectivity index (χ3n) is 3.41. The molecule has 1 aromatic rings. The van der Waals surface area contributed by atoms with Gasteiger partial charge in [-0.05, 0) is 13.1 Å². The molecule has 5 heteroatoms. The maximum absolute atomic E-state index is 5.97. The van der Waals surface area contributed by atoms with Gasteiger partial charge in [-0.3, -0.25) is 4.90 Å². The molecule has 1 aliphatic heterocycles. The Morgan fingerprint density at radius 1 is 1.30 bits per heavy atom. The van der Waals surface area contributed by atoms with Crippen molar-refractivity contribution in [3.05, 3.63) is 23.8 Å². The zero-order chi connectivity index (χ0) is 14.2. The highest BCUT2D eigenvalue weighted by atomic mass is 16.5. The molecule has 0 spiro atoms. The fraction of sp³-hybridized carbons (Fsp3) is 0.600. The van der Waals surface area contributed by atoms with Gasteiger partial charge in [0.05, 0.1) is 20.3 Å². The second kappa shape index (κ2) is 8.09. The molecule has 0 aromatic heterocycles. The molecule has 0 atom stereocenters. The number of morpholine rings is 1. The van der Waals surface area contributed by atoms with Gasteiger partial charge in [0, 0.05) is 31.7 Å². The summed E-state index contributed by atoms with van der Waals surface area (Å²) in [7, 11) is 3.60. The maximum Gasteiger partial charge on any atom is 0.165 e. The molecular weight excluding hydrogens is 256 g/mol. The highest BCUT2D eigenvalue weighted by Gasteiger charge is 2.13. The molecule has 112 valence electrons. The van der Waals surface area contributed by atoms with Gasteiger partial charge in [-0.1, -0.05) is 12.1 Å². The first kappa shape index (κ1) is 15.1.